The second-order valence-electron chi connectivity index (χ2n) is 5.92. The van der Waals surface area contributed by atoms with E-state index in [0.29, 0.717) is 23.9 Å². The minimum absolute atomic E-state index is 0.0122. The molecule has 3 aromatic rings. The Kier molecular flexibility index (Phi) is 5.94. The number of hydrogen-bond acceptors (Lipinski definition) is 7. The molecule has 0 atom stereocenters. The third-order valence-electron chi connectivity index (χ3n) is 3.97. The van der Waals surface area contributed by atoms with Crippen molar-refractivity contribution in [2.45, 2.75) is 13.3 Å². The molecule has 0 aliphatic heterocycles. The normalized spacial score (nSPS) is 10.3. The van der Waals surface area contributed by atoms with Gasteiger partial charge in [0.15, 0.2) is 11.6 Å². The first-order valence-electron chi connectivity index (χ1n) is 8.59. The first-order valence-corrected chi connectivity index (χ1v) is 8.59. The lowest BCUT2D eigenvalue weighted by Crippen LogP contribution is -2.10. The highest BCUT2D eigenvalue weighted by atomic mass is 16.5. The number of para-hydroxylation sites is 1. The van der Waals surface area contributed by atoms with Gasteiger partial charge >= 0.3 is 0 Å². The van der Waals surface area contributed by atoms with E-state index in [1.54, 1.807) is 19.2 Å². The number of aromatic nitrogens is 3. The van der Waals surface area contributed by atoms with Crippen LogP contribution in [0.25, 0.3) is 0 Å². The van der Waals surface area contributed by atoms with Gasteiger partial charge in [0.2, 0.25) is 5.95 Å². The van der Waals surface area contributed by atoms with E-state index < -0.39 is 0 Å². The van der Waals surface area contributed by atoms with E-state index in [1.807, 2.05) is 36.4 Å². The van der Waals surface area contributed by atoms with E-state index in [-0.39, 0.29) is 5.78 Å². The lowest BCUT2D eigenvalue weighted by Gasteiger charge is -2.10. The number of carbonyl (C=O) groups excluding carboxylic acids is 1. The number of benzene rings is 2. The SMILES string of the molecule is COc1ccccc1CCNc1nncc(Nc2cccc(C(C)=O)c2)n1. The highest BCUT2D eigenvalue weighted by Crippen LogP contribution is 2.18. The number of methoxy groups -OCH3 is 1. The number of Topliss-reactive ketones (excluding diaryl/α,β-unsaturated/α-hetero) is 1. The van der Waals surface area contributed by atoms with Gasteiger partial charge in [-0.2, -0.15) is 10.1 Å². The Labute approximate surface area is 157 Å². The van der Waals surface area contributed by atoms with Crippen molar-refractivity contribution >= 4 is 23.2 Å². The van der Waals surface area contributed by atoms with Gasteiger partial charge in [-0.25, -0.2) is 0 Å². The van der Waals surface area contributed by atoms with Crippen LogP contribution in [0.2, 0.25) is 0 Å². The summed E-state index contributed by atoms with van der Waals surface area (Å²) >= 11 is 0. The van der Waals surface area contributed by atoms with Crippen LogP contribution >= 0.6 is 0 Å². The van der Waals surface area contributed by atoms with Crippen molar-refractivity contribution in [1.29, 1.82) is 0 Å². The molecule has 0 radical (unpaired) electrons. The number of anilines is 3. The zero-order valence-corrected chi connectivity index (χ0v) is 15.3. The third-order valence-corrected chi connectivity index (χ3v) is 3.97. The van der Waals surface area contributed by atoms with Gasteiger partial charge in [-0.15, -0.1) is 5.10 Å². The van der Waals surface area contributed by atoms with Crippen LogP contribution in [0.1, 0.15) is 22.8 Å². The molecule has 138 valence electrons. The molecule has 1 aromatic heterocycles. The molecule has 7 nitrogen and oxygen atoms in total. The van der Waals surface area contributed by atoms with Gasteiger partial charge in [-0.3, -0.25) is 4.79 Å². The van der Waals surface area contributed by atoms with Crippen LogP contribution in [-0.2, 0) is 6.42 Å². The number of ketones is 1. The fraction of sp³-hybridized carbons (Fsp3) is 0.200. The van der Waals surface area contributed by atoms with Crippen molar-refractivity contribution in [2.75, 3.05) is 24.3 Å². The molecule has 2 N–H and O–H groups in total. The molecule has 0 unspecified atom stereocenters. The summed E-state index contributed by atoms with van der Waals surface area (Å²) in [5.74, 6) is 1.85. The average molecular weight is 363 g/mol. The Balaban J connectivity index is 1.62. The fourth-order valence-electron chi connectivity index (χ4n) is 2.62. The minimum Gasteiger partial charge on any atom is -0.496 e. The maximum atomic E-state index is 11.5. The monoisotopic (exact) mass is 363 g/mol. The number of nitrogens with zero attached hydrogens (tertiary/aromatic N) is 3. The number of carbonyl (C=O) groups is 1. The van der Waals surface area contributed by atoms with Crippen molar-refractivity contribution in [3.63, 3.8) is 0 Å². The van der Waals surface area contributed by atoms with Crippen LogP contribution in [-0.4, -0.2) is 34.6 Å². The number of ether oxygens (including phenoxy) is 1. The highest BCUT2D eigenvalue weighted by molar-refractivity contribution is 5.95. The highest BCUT2D eigenvalue weighted by Gasteiger charge is 2.05. The zero-order valence-electron chi connectivity index (χ0n) is 15.3. The minimum atomic E-state index is 0.0122. The van der Waals surface area contributed by atoms with Crippen LogP contribution in [0.3, 0.4) is 0 Å². The largest absolute Gasteiger partial charge is 0.496 e. The standard InChI is InChI=1S/C20H21N5O2/c1-14(26)16-7-5-8-17(12-16)23-19-13-22-25-20(24-19)21-11-10-15-6-3-4-9-18(15)27-2/h3-9,12-13H,10-11H2,1-2H3,(H2,21,23,24,25). The van der Waals surface area contributed by atoms with E-state index in [0.717, 1.165) is 23.4 Å². The predicted molar refractivity (Wildman–Crippen MR) is 105 cm³/mol. The summed E-state index contributed by atoms with van der Waals surface area (Å²) in [5.41, 5.74) is 2.51. The lowest BCUT2D eigenvalue weighted by molar-refractivity contribution is 0.101. The molecule has 0 aliphatic carbocycles. The summed E-state index contributed by atoms with van der Waals surface area (Å²) in [6.07, 6.45) is 2.30. The smallest absolute Gasteiger partial charge is 0.244 e. The third kappa shape index (κ3) is 5.01. The Morgan fingerprint density at radius 2 is 2.00 bits per heavy atom. The molecule has 0 spiro atoms. The Morgan fingerprint density at radius 3 is 2.81 bits per heavy atom. The summed E-state index contributed by atoms with van der Waals surface area (Å²) in [6, 6.07) is 15.1. The van der Waals surface area contributed by atoms with Gasteiger partial charge in [0.25, 0.3) is 0 Å². The second-order valence-corrected chi connectivity index (χ2v) is 5.92. The number of nitrogens with one attached hydrogen (secondary N) is 2. The molecule has 0 fully saturated rings. The molecule has 0 saturated carbocycles. The molecule has 0 amide bonds. The predicted octanol–water partition coefficient (Wildman–Crippen LogP) is 3.48. The summed E-state index contributed by atoms with van der Waals surface area (Å²) in [5, 5.41) is 14.3. The molecule has 7 heteroatoms. The van der Waals surface area contributed by atoms with Gasteiger partial charge in [-0.05, 0) is 37.1 Å². The molecule has 1 heterocycles. The molecule has 0 aliphatic rings. The first kappa shape index (κ1) is 18.3. The van der Waals surface area contributed by atoms with Crippen molar-refractivity contribution < 1.29 is 9.53 Å². The molecular weight excluding hydrogens is 342 g/mol. The Bertz CT molecular complexity index is 930. The molecule has 0 saturated heterocycles. The maximum absolute atomic E-state index is 11.5. The van der Waals surface area contributed by atoms with Crippen LogP contribution in [0.5, 0.6) is 5.75 Å². The maximum Gasteiger partial charge on any atom is 0.244 e. The molecule has 3 rings (SSSR count). The van der Waals surface area contributed by atoms with Gasteiger partial charge in [0, 0.05) is 17.8 Å². The van der Waals surface area contributed by atoms with Crippen molar-refractivity contribution in [3.8, 4) is 5.75 Å². The zero-order chi connectivity index (χ0) is 19.1. The Morgan fingerprint density at radius 1 is 1.15 bits per heavy atom. The molecular formula is C20H21N5O2. The average Bonchev–Trinajstić information content (AvgIpc) is 2.69. The molecule has 0 bridgehead atoms. The van der Waals surface area contributed by atoms with Gasteiger partial charge in [-0.1, -0.05) is 30.3 Å². The van der Waals surface area contributed by atoms with Crippen molar-refractivity contribution in [1.82, 2.24) is 15.2 Å². The van der Waals surface area contributed by atoms with Crippen LogP contribution in [0, 0.1) is 0 Å². The van der Waals surface area contributed by atoms with Crippen LogP contribution in [0.4, 0.5) is 17.5 Å². The van der Waals surface area contributed by atoms with Gasteiger partial charge in [0.05, 0.1) is 13.3 Å². The van der Waals surface area contributed by atoms with Crippen molar-refractivity contribution in [2.24, 2.45) is 0 Å². The number of hydrogen-bond donors (Lipinski definition) is 2. The van der Waals surface area contributed by atoms with E-state index in [2.05, 4.69) is 25.8 Å². The van der Waals surface area contributed by atoms with E-state index in [4.69, 9.17) is 4.74 Å². The van der Waals surface area contributed by atoms with Crippen LogP contribution in [0.15, 0.2) is 54.7 Å². The summed E-state index contributed by atoms with van der Waals surface area (Å²) in [6.45, 7) is 2.18. The summed E-state index contributed by atoms with van der Waals surface area (Å²) < 4.78 is 5.35. The van der Waals surface area contributed by atoms with Gasteiger partial charge < -0.3 is 15.4 Å². The summed E-state index contributed by atoms with van der Waals surface area (Å²) in [7, 11) is 1.66. The second kappa shape index (κ2) is 8.75. The quantitative estimate of drug-likeness (QED) is 0.592. The first-order chi connectivity index (χ1) is 13.2. The Hall–Kier alpha value is -3.48. The lowest BCUT2D eigenvalue weighted by atomic mass is 10.1. The summed E-state index contributed by atoms with van der Waals surface area (Å²) in [4.78, 5) is 15.9. The van der Waals surface area contributed by atoms with E-state index in [1.165, 1.54) is 13.1 Å². The molecule has 27 heavy (non-hydrogen) atoms. The van der Waals surface area contributed by atoms with Crippen molar-refractivity contribution in [3.05, 3.63) is 65.9 Å². The van der Waals surface area contributed by atoms with E-state index >= 15 is 0 Å². The van der Waals surface area contributed by atoms with Crippen LogP contribution < -0.4 is 15.4 Å². The van der Waals surface area contributed by atoms with Gasteiger partial charge in [0.1, 0.15) is 5.75 Å². The topological polar surface area (TPSA) is 89.0 Å². The number of rotatable bonds is 8. The molecule has 2 aromatic carbocycles. The van der Waals surface area contributed by atoms with E-state index in [9.17, 15) is 4.79 Å². The fourth-order valence-corrected chi connectivity index (χ4v) is 2.62.